The average molecular weight is 485 g/mol. The Labute approximate surface area is 201 Å². The van der Waals surface area contributed by atoms with Gasteiger partial charge in [-0.3, -0.25) is 14.6 Å². The molecule has 2 aromatic rings. The number of nitrogens with zero attached hydrogens (tertiary/aromatic N) is 1. The highest BCUT2D eigenvalue weighted by Gasteiger charge is 2.54. The Hall–Kier alpha value is -3.16. The summed E-state index contributed by atoms with van der Waals surface area (Å²) >= 11 is 0. The molecule has 0 unspecified atom stereocenters. The molecule has 5 nitrogen and oxygen atoms in total. The van der Waals surface area contributed by atoms with Crippen LogP contribution in [0.15, 0.2) is 48.7 Å². The van der Waals surface area contributed by atoms with E-state index in [2.05, 4.69) is 16.4 Å². The van der Waals surface area contributed by atoms with E-state index in [-0.39, 0.29) is 47.7 Å². The summed E-state index contributed by atoms with van der Waals surface area (Å²) in [6.45, 7) is 1.93. The smallest absolute Gasteiger partial charge is 0.416 e. The van der Waals surface area contributed by atoms with E-state index in [4.69, 9.17) is 4.74 Å². The van der Waals surface area contributed by atoms with Crippen LogP contribution in [0.25, 0.3) is 17.2 Å². The van der Waals surface area contributed by atoms with Gasteiger partial charge < -0.3 is 10.1 Å². The maximum atomic E-state index is 13.1. The predicted octanol–water partition coefficient (Wildman–Crippen LogP) is 5.26. The van der Waals surface area contributed by atoms with Gasteiger partial charge in [0.2, 0.25) is 5.91 Å². The second-order valence-corrected chi connectivity index (χ2v) is 9.78. The van der Waals surface area contributed by atoms with Gasteiger partial charge in [0.1, 0.15) is 6.10 Å². The number of rotatable bonds is 3. The number of ether oxygens (including phenoxy) is 1. The number of allylic oxidation sites excluding steroid dienone is 1. The number of carbonyl (C=O) groups is 2. The molecule has 8 heteroatoms. The van der Waals surface area contributed by atoms with Crippen molar-refractivity contribution in [1.82, 2.24) is 10.3 Å². The molecule has 1 aromatic carbocycles. The maximum absolute atomic E-state index is 13.1. The summed E-state index contributed by atoms with van der Waals surface area (Å²) < 4.78 is 44.7. The second kappa shape index (κ2) is 9.13. The SMILES string of the molecule is C[C@H]1OC(=O)[C@@H]2C[C@@H]3NC(=O)CCC[C@H]3[C@H](/C=C/c3ccc(-c4cccc(C(F)(F)F)c4)cn3)[C@H]12. The van der Waals surface area contributed by atoms with E-state index in [0.29, 0.717) is 29.7 Å². The Morgan fingerprint density at radius 3 is 2.71 bits per heavy atom. The van der Waals surface area contributed by atoms with Crippen LogP contribution in [0.4, 0.5) is 13.2 Å². The Morgan fingerprint density at radius 2 is 1.97 bits per heavy atom. The second-order valence-electron chi connectivity index (χ2n) is 9.78. The molecule has 1 N–H and O–H groups in total. The van der Waals surface area contributed by atoms with Gasteiger partial charge in [0, 0.05) is 30.1 Å². The van der Waals surface area contributed by atoms with Crippen molar-refractivity contribution in [1.29, 1.82) is 0 Å². The van der Waals surface area contributed by atoms with Crippen molar-refractivity contribution >= 4 is 18.0 Å². The number of amides is 1. The minimum Gasteiger partial charge on any atom is -0.462 e. The Balaban J connectivity index is 1.39. The summed E-state index contributed by atoms with van der Waals surface area (Å²) in [5.74, 6) is -0.106. The highest BCUT2D eigenvalue weighted by molar-refractivity contribution is 5.78. The summed E-state index contributed by atoms with van der Waals surface area (Å²) in [5.41, 5.74) is 1.03. The summed E-state index contributed by atoms with van der Waals surface area (Å²) in [7, 11) is 0. The number of nitrogens with one attached hydrogen (secondary N) is 1. The van der Waals surface area contributed by atoms with Crippen molar-refractivity contribution in [2.24, 2.45) is 23.7 Å². The molecular weight excluding hydrogens is 457 g/mol. The number of halogens is 3. The molecule has 1 aromatic heterocycles. The fourth-order valence-corrected chi connectivity index (χ4v) is 6.04. The summed E-state index contributed by atoms with van der Waals surface area (Å²) in [6.07, 6.45) is 3.76. The topological polar surface area (TPSA) is 68.3 Å². The lowest BCUT2D eigenvalue weighted by atomic mass is 9.62. The van der Waals surface area contributed by atoms with Crippen LogP contribution < -0.4 is 5.32 Å². The number of cyclic esters (lactones) is 1. The molecule has 1 saturated carbocycles. The molecule has 2 aliphatic heterocycles. The lowest BCUT2D eigenvalue weighted by molar-refractivity contribution is -0.144. The first kappa shape index (κ1) is 23.6. The average Bonchev–Trinajstić information content (AvgIpc) is 2.98. The van der Waals surface area contributed by atoms with E-state index in [0.717, 1.165) is 25.0 Å². The normalized spacial score (nSPS) is 30.9. The Morgan fingerprint density at radius 1 is 1.14 bits per heavy atom. The third-order valence-electron chi connectivity index (χ3n) is 7.66. The van der Waals surface area contributed by atoms with Gasteiger partial charge >= 0.3 is 12.1 Å². The van der Waals surface area contributed by atoms with Crippen LogP contribution >= 0.6 is 0 Å². The highest BCUT2D eigenvalue weighted by Crippen LogP contribution is 2.49. The van der Waals surface area contributed by atoms with Crippen molar-refractivity contribution in [2.75, 3.05) is 0 Å². The zero-order valence-electron chi connectivity index (χ0n) is 19.3. The van der Waals surface area contributed by atoms with Crippen molar-refractivity contribution in [3.63, 3.8) is 0 Å². The predicted molar refractivity (Wildman–Crippen MR) is 124 cm³/mol. The van der Waals surface area contributed by atoms with Crippen molar-refractivity contribution in [3.8, 4) is 11.1 Å². The number of alkyl halides is 3. The molecule has 3 heterocycles. The van der Waals surface area contributed by atoms with Crippen LogP contribution in [0.3, 0.4) is 0 Å². The number of pyridine rings is 1. The molecule has 3 aliphatic rings. The summed E-state index contributed by atoms with van der Waals surface area (Å²) in [6, 6.07) is 8.66. The highest BCUT2D eigenvalue weighted by atomic mass is 19.4. The van der Waals surface area contributed by atoms with Gasteiger partial charge in [-0.25, -0.2) is 0 Å². The van der Waals surface area contributed by atoms with Crippen LogP contribution in [-0.4, -0.2) is 29.0 Å². The van der Waals surface area contributed by atoms with Crippen LogP contribution in [0.5, 0.6) is 0 Å². The molecule has 1 amide bonds. The molecule has 2 saturated heterocycles. The van der Waals surface area contributed by atoms with E-state index < -0.39 is 11.7 Å². The first-order valence-corrected chi connectivity index (χ1v) is 12.0. The van der Waals surface area contributed by atoms with E-state index >= 15 is 0 Å². The molecular formula is C27H27F3N2O3. The van der Waals surface area contributed by atoms with E-state index in [1.54, 1.807) is 24.4 Å². The first-order valence-electron chi connectivity index (χ1n) is 12.0. The number of aromatic nitrogens is 1. The molecule has 0 radical (unpaired) electrons. The van der Waals surface area contributed by atoms with E-state index in [1.165, 1.54) is 6.07 Å². The minimum absolute atomic E-state index is 0.0324. The minimum atomic E-state index is -4.40. The quantitative estimate of drug-likeness (QED) is 0.604. The molecule has 35 heavy (non-hydrogen) atoms. The molecule has 0 spiro atoms. The molecule has 6 atom stereocenters. The van der Waals surface area contributed by atoms with Gasteiger partial charge in [-0.05, 0) is 67.9 Å². The third-order valence-corrected chi connectivity index (χ3v) is 7.66. The molecule has 0 bridgehead atoms. The van der Waals surface area contributed by atoms with Crippen LogP contribution in [0.1, 0.15) is 43.9 Å². The lowest BCUT2D eigenvalue weighted by Gasteiger charge is -2.42. The third kappa shape index (κ3) is 4.70. The lowest BCUT2D eigenvalue weighted by Crippen LogP contribution is -2.50. The largest absolute Gasteiger partial charge is 0.462 e. The van der Waals surface area contributed by atoms with Gasteiger partial charge in [0.15, 0.2) is 0 Å². The van der Waals surface area contributed by atoms with Crippen molar-refractivity contribution in [2.45, 2.75) is 50.9 Å². The number of esters is 1. The van der Waals surface area contributed by atoms with Crippen LogP contribution in [0, 0.1) is 23.7 Å². The molecule has 1 aliphatic carbocycles. The molecule has 5 rings (SSSR count). The summed E-state index contributed by atoms with van der Waals surface area (Å²) in [5, 5.41) is 3.12. The van der Waals surface area contributed by atoms with Crippen LogP contribution in [0.2, 0.25) is 0 Å². The Bertz CT molecular complexity index is 1150. The van der Waals surface area contributed by atoms with Gasteiger partial charge in [-0.2, -0.15) is 13.2 Å². The maximum Gasteiger partial charge on any atom is 0.416 e. The molecule has 3 fully saturated rings. The fraction of sp³-hybridized carbons (Fsp3) is 0.444. The zero-order chi connectivity index (χ0) is 24.7. The Kier molecular flexibility index (Phi) is 6.15. The first-order chi connectivity index (χ1) is 16.7. The van der Waals surface area contributed by atoms with E-state index in [1.807, 2.05) is 13.0 Å². The standard InChI is InChI=1S/C27H27F3N2O3/c1-15-25-21(20-6-3-7-24(33)32-23(20)13-22(25)26(34)35-15)11-10-19-9-8-17(14-31-19)16-4-2-5-18(12-16)27(28,29)30/h2,4-5,8-12,14-15,20-23,25H,3,6-7,13H2,1H3,(H,32,33)/b11-10+/t15-,20+,21+,22-,23+,25+/m1/s1. The van der Waals surface area contributed by atoms with Gasteiger partial charge in [-0.15, -0.1) is 0 Å². The van der Waals surface area contributed by atoms with Crippen molar-refractivity contribution in [3.05, 3.63) is 59.9 Å². The van der Waals surface area contributed by atoms with Gasteiger partial charge in [-0.1, -0.05) is 24.3 Å². The van der Waals surface area contributed by atoms with Crippen LogP contribution in [-0.2, 0) is 20.5 Å². The number of benzene rings is 1. The monoisotopic (exact) mass is 484 g/mol. The van der Waals surface area contributed by atoms with Gasteiger partial charge in [0.05, 0.1) is 17.2 Å². The number of fused-ring (bicyclic) bond motifs is 2. The molecule has 184 valence electrons. The zero-order valence-corrected chi connectivity index (χ0v) is 19.3. The summed E-state index contributed by atoms with van der Waals surface area (Å²) in [4.78, 5) is 29.1. The van der Waals surface area contributed by atoms with E-state index in [9.17, 15) is 22.8 Å². The fourth-order valence-electron chi connectivity index (χ4n) is 6.04. The van der Waals surface area contributed by atoms with Crippen molar-refractivity contribution < 1.29 is 27.5 Å². The number of carbonyl (C=O) groups excluding carboxylic acids is 2. The number of hydrogen-bond acceptors (Lipinski definition) is 4. The number of hydrogen-bond donors (Lipinski definition) is 1. The van der Waals surface area contributed by atoms with Gasteiger partial charge in [0.25, 0.3) is 0 Å².